The van der Waals surface area contributed by atoms with Gasteiger partial charge in [-0.1, -0.05) is 232 Å². The number of carbonyl (C=O) groups is 3. The molecule has 0 bridgehead atoms. The second-order valence-corrected chi connectivity index (χ2v) is 18.4. The molecule has 0 amide bonds. The molecule has 6 nitrogen and oxygen atoms in total. The van der Waals surface area contributed by atoms with E-state index in [2.05, 4.69) is 142 Å². The number of unbranched alkanes of at least 4 members (excludes halogenated alkanes) is 19. The normalized spacial score (nSPS) is 13.0. The maximum atomic E-state index is 12.8. The zero-order valence-electron chi connectivity index (χ0n) is 45.2. The Morgan fingerprint density at radius 3 is 0.929 bits per heavy atom. The van der Waals surface area contributed by atoms with Crippen LogP contribution in [0.15, 0.2) is 122 Å². The van der Waals surface area contributed by atoms with Gasteiger partial charge < -0.3 is 14.2 Å². The number of ether oxygens (including phenoxy) is 3. The highest BCUT2D eigenvalue weighted by molar-refractivity contribution is 5.71. The first-order valence-electron chi connectivity index (χ1n) is 28.5. The van der Waals surface area contributed by atoms with Gasteiger partial charge in [0.05, 0.1) is 0 Å². The topological polar surface area (TPSA) is 78.9 Å². The summed E-state index contributed by atoms with van der Waals surface area (Å²) in [6.07, 6.45) is 79.2. The fourth-order valence-corrected chi connectivity index (χ4v) is 7.47. The summed E-state index contributed by atoms with van der Waals surface area (Å²) in [5.74, 6) is -0.981. The van der Waals surface area contributed by atoms with Gasteiger partial charge in [-0.05, 0) is 116 Å². The van der Waals surface area contributed by atoms with Crippen LogP contribution >= 0.6 is 0 Å². The molecule has 0 radical (unpaired) electrons. The summed E-state index contributed by atoms with van der Waals surface area (Å²) in [4.78, 5) is 38.0. The molecule has 0 aromatic carbocycles. The van der Waals surface area contributed by atoms with Crippen LogP contribution in [0.3, 0.4) is 0 Å². The van der Waals surface area contributed by atoms with Crippen molar-refractivity contribution in [1.29, 1.82) is 0 Å². The molecule has 0 aliphatic rings. The van der Waals surface area contributed by atoms with Gasteiger partial charge in [-0.15, -0.1) is 0 Å². The van der Waals surface area contributed by atoms with E-state index in [1.807, 2.05) is 0 Å². The van der Waals surface area contributed by atoms with Gasteiger partial charge in [0.15, 0.2) is 6.10 Å². The molecule has 0 spiro atoms. The van der Waals surface area contributed by atoms with Crippen LogP contribution in [0.1, 0.15) is 245 Å². The smallest absolute Gasteiger partial charge is 0.306 e. The van der Waals surface area contributed by atoms with E-state index in [9.17, 15) is 14.4 Å². The molecule has 1 unspecified atom stereocenters. The van der Waals surface area contributed by atoms with E-state index < -0.39 is 6.10 Å². The molecule has 0 N–H and O–H groups in total. The molecule has 0 saturated carbocycles. The SMILES string of the molecule is CC/C=C\C/C=C\C/C=C\C/C=C\C/C=C\CCCC(=O)OC(COC(=O)CCCCCCC/C=C\CCC)COC(=O)CCCCCCCCCCCCCC/C=C\C/C=C\C/C=C\C/C=C\CC. The minimum absolute atomic E-state index is 0.107. The molecule has 0 aliphatic carbocycles. The number of esters is 3. The fraction of sp³-hybridized carbons (Fsp3) is 0.641. The van der Waals surface area contributed by atoms with Crippen molar-refractivity contribution in [3.8, 4) is 0 Å². The summed E-state index contributed by atoms with van der Waals surface area (Å²) in [5.41, 5.74) is 0. The maximum absolute atomic E-state index is 12.8. The van der Waals surface area contributed by atoms with Crippen molar-refractivity contribution in [2.45, 2.75) is 252 Å². The molecule has 0 saturated heterocycles. The Hall–Kier alpha value is -4.19. The highest BCUT2D eigenvalue weighted by Crippen LogP contribution is 2.15. The zero-order chi connectivity index (χ0) is 50.7. The first kappa shape index (κ1) is 65.8. The van der Waals surface area contributed by atoms with Crippen molar-refractivity contribution < 1.29 is 28.6 Å². The first-order valence-corrected chi connectivity index (χ1v) is 28.5. The van der Waals surface area contributed by atoms with Gasteiger partial charge in [-0.3, -0.25) is 14.4 Å². The number of carbonyl (C=O) groups excluding carboxylic acids is 3. The number of allylic oxidation sites excluding steroid dienone is 20. The fourth-order valence-electron chi connectivity index (χ4n) is 7.47. The average molecular weight is 970 g/mol. The number of rotatable bonds is 50. The lowest BCUT2D eigenvalue weighted by atomic mass is 10.0. The molecule has 1 atom stereocenters. The van der Waals surface area contributed by atoms with Gasteiger partial charge in [-0.2, -0.15) is 0 Å². The third-order valence-electron chi connectivity index (χ3n) is 11.7. The van der Waals surface area contributed by atoms with Crippen LogP contribution < -0.4 is 0 Å². The minimum atomic E-state index is -0.814. The number of hydrogen-bond donors (Lipinski definition) is 0. The lowest BCUT2D eigenvalue weighted by Crippen LogP contribution is -2.30. The maximum Gasteiger partial charge on any atom is 0.306 e. The Kier molecular flexibility index (Phi) is 54.0. The van der Waals surface area contributed by atoms with E-state index in [1.54, 1.807) is 0 Å². The molecule has 6 heteroatoms. The van der Waals surface area contributed by atoms with E-state index in [4.69, 9.17) is 14.2 Å². The average Bonchev–Trinajstić information content (AvgIpc) is 3.36. The summed E-state index contributed by atoms with van der Waals surface area (Å²) < 4.78 is 16.8. The first-order chi connectivity index (χ1) is 34.5. The molecule has 0 rings (SSSR count). The van der Waals surface area contributed by atoms with E-state index >= 15 is 0 Å². The van der Waals surface area contributed by atoms with Crippen LogP contribution in [0.5, 0.6) is 0 Å². The standard InChI is InChI=1S/C64H104O6/c1-4-7-10-13-16-19-22-24-26-28-29-30-31-32-33-34-35-37-38-40-42-45-48-51-54-57-63(66)69-60-61(59-68-62(65)56-53-50-47-44-21-18-15-12-9-6-3)70-64(67)58-55-52-49-46-43-41-39-36-27-25-23-20-17-14-11-8-5-2/h7-8,10-12,15-17,19-20,24-27,29-30,39,41,46,49,61H,4-6,9,13-14,18,21-23,28,31-38,40,42-45,47-48,50-60H2,1-3H3/b10-7-,11-8-,15-12-,19-16-,20-17-,26-24-,27-25-,30-29-,41-39-,49-46-. The van der Waals surface area contributed by atoms with E-state index in [1.165, 1.54) is 77.0 Å². The highest BCUT2D eigenvalue weighted by Gasteiger charge is 2.19. The van der Waals surface area contributed by atoms with Crippen LogP contribution in [0.25, 0.3) is 0 Å². The van der Waals surface area contributed by atoms with Crippen molar-refractivity contribution >= 4 is 17.9 Å². The van der Waals surface area contributed by atoms with E-state index in [0.29, 0.717) is 19.3 Å². The third-order valence-corrected chi connectivity index (χ3v) is 11.7. The van der Waals surface area contributed by atoms with Gasteiger partial charge in [0.2, 0.25) is 0 Å². The molecule has 0 aromatic rings. The summed E-state index contributed by atoms with van der Waals surface area (Å²) in [7, 11) is 0. The van der Waals surface area contributed by atoms with E-state index in [0.717, 1.165) is 122 Å². The summed E-state index contributed by atoms with van der Waals surface area (Å²) in [6, 6.07) is 0. The molecule has 70 heavy (non-hydrogen) atoms. The Morgan fingerprint density at radius 2 is 0.571 bits per heavy atom. The van der Waals surface area contributed by atoms with Gasteiger partial charge in [-0.25, -0.2) is 0 Å². The third kappa shape index (κ3) is 54.7. The van der Waals surface area contributed by atoms with Gasteiger partial charge in [0.1, 0.15) is 13.2 Å². The predicted molar refractivity (Wildman–Crippen MR) is 302 cm³/mol. The Balaban J connectivity index is 4.34. The van der Waals surface area contributed by atoms with E-state index in [-0.39, 0.29) is 37.5 Å². The largest absolute Gasteiger partial charge is 0.462 e. The van der Waals surface area contributed by atoms with Gasteiger partial charge >= 0.3 is 17.9 Å². The second-order valence-electron chi connectivity index (χ2n) is 18.4. The van der Waals surface area contributed by atoms with Crippen LogP contribution in [0.4, 0.5) is 0 Å². The van der Waals surface area contributed by atoms with Crippen LogP contribution in [0, 0.1) is 0 Å². The second kappa shape index (κ2) is 57.4. The summed E-state index contributed by atoms with van der Waals surface area (Å²) >= 11 is 0. The van der Waals surface area contributed by atoms with Crippen LogP contribution in [0.2, 0.25) is 0 Å². The summed E-state index contributed by atoms with van der Waals surface area (Å²) in [6.45, 7) is 6.29. The van der Waals surface area contributed by atoms with Crippen molar-refractivity contribution in [3.63, 3.8) is 0 Å². The zero-order valence-corrected chi connectivity index (χ0v) is 45.2. The molecule has 0 heterocycles. The molecule has 396 valence electrons. The number of hydrogen-bond acceptors (Lipinski definition) is 6. The van der Waals surface area contributed by atoms with Gasteiger partial charge in [0.25, 0.3) is 0 Å². The molecule has 0 fully saturated rings. The van der Waals surface area contributed by atoms with Gasteiger partial charge in [0, 0.05) is 19.3 Å². The minimum Gasteiger partial charge on any atom is -0.462 e. The van der Waals surface area contributed by atoms with Crippen molar-refractivity contribution in [3.05, 3.63) is 122 Å². The van der Waals surface area contributed by atoms with Crippen molar-refractivity contribution in [1.82, 2.24) is 0 Å². The van der Waals surface area contributed by atoms with Crippen molar-refractivity contribution in [2.75, 3.05) is 13.2 Å². The Morgan fingerprint density at radius 1 is 0.300 bits per heavy atom. The monoisotopic (exact) mass is 969 g/mol. The van der Waals surface area contributed by atoms with Crippen LogP contribution in [-0.2, 0) is 28.6 Å². The lowest BCUT2D eigenvalue weighted by Gasteiger charge is -2.18. The lowest BCUT2D eigenvalue weighted by molar-refractivity contribution is -0.167. The molecular weight excluding hydrogens is 865 g/mol. The highest BCUT2D eigenvalue weighted by atomic mass is 16.6. The predicted octanol–water partition coefficient (Wildman–Crippen LogP) is 19.3. The van der Waals surface area contributed by atoms with Crippen LogP contribution in [-0.4, -0.2) is 37.2 Å². The Labute approximate surface area is 431 Å². The molecule has 0 aromatic heterocycles. The molecular formula is C64H104O6. The quantitative estimate of drug-likeness (QED) is 0.0262. The summed E-state index contributed by atoms with van der Waals surface area (Å²) in [5, 5.41) is 0. The van der Waals surface area contributed by atoms with Crippen molar-refractivity contribution in [2.24, 2.45) is 0 Å². The molecule has 0 aliphatic heterocycles. The Bertz CT molecular complexity index is 1490.